The zero-order valence-electron chi connectivity index (χ0n) is 15.3. The average Bonchev–Trinajstić information content (AvgIpc) is 2.98. The van der Waals surface area contributed by atoms with Crippen molar-refractivity contribution in [1.82, 2.24) is 14.9 Å². The number of amides is 1. The van der Waals surface area contributed by atoms with Crippen LogP contribution in [-0.2, 0) is 4.79 Å². The molecule has 6 nitrogen and oxygen atoms in total. The van der Waals surface area contributed by atoms with E-state index in [0.717, 1.165) is 22.4 Å². The Labute approximate surface area is 161 Å². The summed E-state index contributed by atoms with van der Waals surface area (Å²) >= 11 is 1.19. The molecule has 0 spiro atoms. The highest BCUT2D eigenvalue weighted by molar-refractivity contribution is 7.99. The van der Waals surface area contributed by atoms with Gasteiger partial charge in [0.05, 0.1) is 5.75 Å². The highest BCUT2D eigenvalue weighted by Gasteiger charge is 2.15. The van der Waals surface area contributed by atoms with Crippen LogP contribution in [0, 0.1) is 26.6 Å². The van der Waals surface area contributed by atoms with E-state index >= 15 is 0 Å². The Morgan fingerprint density at radius 1 is 1.15 bits per heavy atom. The molecular formula is C19H20FN5OS. The molecular weight excluding hydrogens is 365 g/mol. The number of hydrogen-bond acceptors (Lipinski definition) is 5. The van der Waals surface area contributed by atoms with Crippen LogP contribution in [0.4, 0.5) is 10.1 Å². The standard InChI is InChI=1S/C19H20FN5OS/c1-11-8-12(2)17(13(3)9-11)22-16(26)10-27-19-24-23-18(25(19)21)14-4-6-15(20)7-5-14/h4-9H,10,21H2,1-3H3,(H,22,26). The molecule has 1 heterocycles. The molecule has 0 saturated heterocycles. The first-order chi connectivity index (χ1) is 12.8. The minimum absolute atomic E-state index is 0.144. The molecule has 3 aromatic rings. The number of benzene rings is 2. The number of nitrogen functional groups attached to an aromatic ring is 1. The monoisotopic (exact) mass is 385 g/mol. The number of carbonyl (C=O) groups is 1. The minimum Gasteiger partial charge on any atom is -0.335 e. The summed E-state index contributed by atoms with van der Waals surface area (Å²) < 4.78 is 14.4. The molecule has 0 aliphatic heterocycles. The fraction of sp³-hybridized carbons (Fsp3) is 0.211. The van der Waals surface area contributed by atoms with E-state index in [-0.39, 0.29) is 17.5 Å². The molecule has 8 heteroatoms. The van der Waals surface area contributed by atoms with Gasteiger partial charge in [0.1, 0.15) is 5.82 Å². The maximum absolute atomic E-state index is 13.1. The number of anilines is 1. The zero-order chi connectivity index (χ0) is 19.6. The molecule has 2 aromatic carbocycles. The Hall–Kier alpha value is -2.87. The third-order valence-electron chi connectivity index (χ3n) is 4.04. The van der Waals surface area contributed by atoms with Gasteiger partial charge in [0.15, 0.2) is 5.82 Å². The third-order valence-corrected chi connectivity index (χ3v) is 4.98. The lowest BCUT2D eigenvalue weighted by molar-refractivity contribution is -0.113. The summed E-state index contributed by atoms with van der Waals surface area (Å²) in [7, 11) is 0. The summed E-state index contributed by atoms with van der Waals surface area (Å²) in [5, 5.41) is 11.4. The molecule has 1 aromatic heterocycles. The van der Waals surface area contributed by atoms with Gasteiger partial charge in [-0.15, -0.1) is 10.2 Å². The summed E-state index contributed by atoms with van der Waals surface area (Å²) in [4.78, 5) is 12.3. The van der Waals surface area contributed by atoms with E-state index in [9.17, 15) is 9.18 Å². The van der Waals surface area contributed by atoms with Crippen molar-refractivity contribution in [3.8, 4) is 11.4 Å². The van der Waals surface area contributed by atoms with Crippen molar-refractivity contribution in [2.24, 2.45) is 0 Å². The van der Waals surface area contributed by atoms with Crippen molar-refractivity contribution < 1.29 is 9.18 Å². The smallest absolute Gasteiger partial charge is 0.234 e. The minimum atomic E-state index is -0.338. The summed E-state index contributed by atoms with van der Waals surface area (Å²) in [5.74, 6) is 6.08. The molecule has 27 heavy (non-hydrogen) atoms. The lowest BCUT2D eigenvalue weighted by Crippen LogP contribution is -2.17. The molecule has 0 radical (unpaired) electrons. The Bertz CT molecular complexity index is 961. The van der Waals surface area contributed by atoms with E-state index in [1.165, 1.54) is 28.6 Å². The fourth-order valence-electron chi connectivity index (χ4n) is 2.85. The van der Waals surface area contributed by atoms with E-state index in [1.54, 1.807) is 12.1 Å². The van der Waals surface area contributed by atoms with Gasteiger partial charge in [-0.25, -0.2) is 9.07 Å². The molecule has 0 saturated carbocycles. The summed E-state index contributed by atoms with van der Waals surface area (Å²) in [5.41, 5.74) is 4.67. The van der Waals surface area contributed by atoms with Crippen LogP contribution in [0.1, 0.15) is 16.7 Å². The number of carbonyl (C=O) groups excluding carboxylic acids is 1. The molecule has 3 N–H and O–H groups in total. The zero-order valence-corrected chi connectivity index (χ0v) is 16.1. The molecule has 0 atom stereocenters. The van der Waals surface area contributed by atoms with Crippen molar-refractivity contribution in [2.45, 2.75) is 25.9 Å². The van der Waals surface area contributed by atoms with Crippen molar-refractivity contribution in [1.29, 1.82) is 0 Å². The van der Waals surface area contributed by atoms with E-state index in [4.69, 9.17) is 5.84 Å². The number of thioether (sulfide) groups is 1. The van der Waals surface area contributed by atoms with Crippen LogP contribution in [0.3, 0.4) is 0 Å². The lowest BCUT2D eigenvalue weighted by Gasteiger charge is -2.12. The summed E-state index contributed by atoms with van der Waals surface area (Å²) in [6.45, 7) is 5.96. The second kappa shape index (κ2) is 7.79. The van der Waals surface area contributed by atoms with Gasteiger partial charge in [0.25, 0.3) is 0 Å². The molecule has 1 amide bonds. The summed E-state index contributed by atoms with van der Waals surface area (Å²) in [6, 6.07) is 9.87. The van der Waals surface area contributed by atoms with Crippen LogP contribution in [-0.4, -0.2) is 26.5 Å². The lowest BCUT2D eigenvalue weighted by atomic mass is 10.1. The molecule has 0 aliphatic carbocycles. The highest BCUT2D eigenvalue weighted by atomic mass is 32.2. The van der Waals surface area contributed by atoms with Crippen molar-refractivity contribution in [3.05, 3.63) is 58.9 Å². The number of aromatic nitrogens is 3. The van der Waals surface area contributed by atoms with Crippen LogP contribution >= 0.6 is 11.8 Å². The number of nitrogens with zero attached hydrogens (tertiary/aromatic N) is 3. The highest BCUT2D eigenvalue weighted by Crippen LogP contribution is 2.24. The molecule has 140 valence electrons. The SMILES string of the molecule is Cc1cc(C)c(NC(=O)CSc2nnc(-c3ccc(F)cc3)n2N)c(C)c1. The van der Waals surface area contributed by atoms with Crippen molar-refractivity contribution in [2.75, 3.05) is 16.9 Å². The number of halogens is 1. The second-order valence-corrected chi connectivity index (χ2v) is 7.24. The van der Waals surface area contributed by atoms with E-state index in [0.29, 0.717) is 16.5 Å². The quantitative estimate of drug-likeness (QED) is 0.519. The third kappa shape index (κ3) is 4.28. The first-order valence-electron chi connectivity index (χ1n) is 8.32. The van der Waals surface area contributed by atoms with E-state index in [1.807, 2.05) is 32.9 Å². The second-order valence-electron chi connectivity index (χ2n) is 6.29. The van der Waals surface area contributed by atoms with Crippen molar-refractivity contribution in [3.63, 3.8) is 0 Å². The normalized spacial score (nSPS) is 10.8. The molecule has 0 aliphatic rings. The Kier molecular flexibility index (Phi) is 5.46. The molecule has 3 rings (SSSR count). The van der Waals surface area contributed by atoms with Crippen molar-refractivity contribution >= 4 is 23.4 Å². The van der Waals surface area contributed by atoms with Gasteiger partial charge in [0, 0.05) is 11.3 Å². The van der Waals surface area contributed by atoms with Gasteiger partial charge < -0.3 is 11.2 Å². The van der Waals surface area contributed by atoms with Gasteiger partial charge in [-0.05, 0) is 56.2 Å². The topological polar surface area (TPSA) is 85.8 Å². The van der Waals surface area contributed by atoms with Crippen LogP contribution in [0.15, 0.2) is 41.6 Å². The van der Waals surface area contributed by atoms with Gasteiger partial charge in [-0.3, -0.25) is 4.79 Å². The van der Waals surface area contributed by atoms with Crippen LogP contribution in [0.5, 0.6) is 0 Å². The predicted octanol–water partition coefficient (Wildman–Crippen LogP) is 3.45. The first-order valence-corrected chi connectivity index (χ1v) is 9.30. The maximum Gasteiger partial charge on any atom is 0.234 e. The van der Waals surface area contributed by atoms with E-state index < -0.39 is 0 Å². The average molecular weight is 385 g/mol. The van der Waals surface area contributed by atoms with Gasteiger partial charge in [0.2, 0.25) is 11.1 Å². The molecule has 0 unspecified atom stereocenters. The largest absolute Gasteiger partial charge is 0.335 e. The van der Waals surface area contributed by atoms with Gasteiger partial charge >= 0.3 is 0 Å². The van der Waals surface area contributed by atoms with E-state index in [2.05, 4.69) is 15.5 Å². The summed E-state index contributed by atoms with van der Waals surface area (Å²) in [6.07, 6.45) is 0. The van der Waals surface area contributed by atoms with Gasteiger partial charge in [-0.1, -0.05) is 29.5 Å². The maximum atomic E-state index is 13.1. The van der Waals surface area contributed by atoms with Gasteiger partial charge in [-0.2, -0.15) is 0 Å². The first kappa shape index (κ1) is 18.9. The fourth-order valence-corrected chi connectivity index (χ4v) is 3.51. The number of rotatable bonds is 5. The Balaban J connectivity index is 1.67. The molecule has 0 fully saturated rings. The number of hydrogen-bond donors (Lipinski definition) is 2. The van der Waals surface area contributed by atoms with Crippen LogP contribution in [0.25, 0.3) is 11.4 Å². The Morgan fingerprint density at radius 3 is 2.41 bits per heavy atom. The molecule has 0 bridgehead atoms. The Morgan fingerprint density at radius 2 is 1.78 bits per heavy atom. The number of nitrogens with two attached hydrogens (primary N) is 1. The van der Waals surface area contributed by atoms with Crippen LogP contribution in [0.2, 0.25) is 0 Å². The number of aryl methyl sites for hydroxylation is 3. The van der Waals surface area contributed by atoms with Crippen LogP contribution < -0.4 is 11.2 Å². The number of nitrogens with one attached hydrogen (secondary N) is 1. The predicted molar refractivity (Wildman–Crippen MR) is 106 cm³/mol.